The van der Waals surface area contributed by atoms with Crippen LogP contribution >= 0.6 is 0 Å². The number of rotatable bonds is 3. The molecule has 0 N–H and O–H groups in total. The number of nitrogens with zero attached hydrogens (tertiary/aromatic N) is 3. The van der Waals surface area contributed by atoms with E-state index in [4.69, 9.17) is 0 Å². The van der Waals surface area contributed by atoms with Crippen molar-refractivity contribution in [2.24, 2.45) is 0 Å². The Labute approximate surface area is 151 Å². The highest BCUT2D eigenvalue weighted by molar-refractivity contribution is 5.98. The van der Waals surface area contributed by atoms with Crippen LogP contribution in [0.4, 0.5) is 4.39 Å². The number of carbonyl (C=O) groups is 1. The lowest BCUT2D eigenvalue weighted by atomic mass is 9.94. The van der Waals surface area contributed by atoms with Gasteiger partial charge in [-0.1, -0.05) is 24.3 Å². The Kier molecular flexibility index (Phi) is 4.52. The molecular formula is C21H20FN3O. The maximum absolute atomic E-state index is 13.4. The molecule has 1 amide bonds. The third kappa shape index (κ3) is 3.12. The number of para-hydroxylation sites is 1. The zero-order valence-electron chi connectivity index (χ0n) is 14.4. The fraction of sp³-hybridized carbons (Fsp3) is 0.238. The number of hydrogen-bond acceptors (Lipinski definition) is 2. The minimum absolute atomic E-state index is 0.00914. The molecule has 0 unspecified atom stereocenters. The molecule has 0 radical (unpaired) electrons. The second-order valence-corrected chi connectivity index (χ2v) is 6.53. The van der Waals surface area contributed by atoms with Gasteiger partial charge in [0.1, 0.15) is 5.82 Å². The largest absolute Gasteiger partial charge is 0.332 e. The van der Waals surface area contributed by atoms with E-state index >= 15 is 0 Å². The molecule has 0 bridgehead atoms. The second kappa shape index (κ2) is 7.12. The van der Waals surface area contributed by atoms with E-state index in [1.54, 1.807) is 23.0 Å². The highest BCUT2D eigenvalue weighted by Gasteiger charge is 2.30. The van der Waals surface area contributed by atoms with Crippen molar-refractivity contribution in [3.05, 3.63) is 83.9 Å². The van der Waals surface area contributed by atoms with Gasteiger partial charge >= 0.3 is 0 Å². The Hall–Kier alpha value is -2.95. The van der Waals surface area contributed by atoms with Crippen LogP contribution in [0.2, 0.25) is 0 Å². The Balaban J connectivity index is 1.69. The van der Waals surface area contributed by atoms with Gasteiger partial charge in [-0.05, 0) is 55.2 Å². The minimum atomic E-state index is -0.258. The summed E-state index contributed by atoms with van der Waals surface area (Å²) < 4.78 is 15.0. The minimum Gasteiger partial charge on any atom is -0.332 e. The smallest absolute Gasteiger partial charge is 0.256 e. The van der Waals surface area contributed by atoms with Crippen LogP contribution in [0.3, 0.4) is 0 Å². The van der Waals surface area contributed by atoms with Crippen molar-refractivity contribution < 1.29 is 9.18 Å². The van der Waals surface area contributed by atoms with E-state index in [-0.39, 0.29) is 17.8 Å². The van der Waals surface area contributed by atoms with E-state index in [2.05, 4.69) is 5.10 Å². The standard InChI is InChI=1S/C21H20FN3O/c22-17-11-9-16(10-12-17)19-7-3-4-14-24(19)21(26)18-6-1-2-8-20(18)25-15-5-13-23-25/h1-2,5-6,8-13,15,19H,3-4,7,14H2/t19-/m0/s1. The van der Waals surface area contributed by atoms with E-state index < -0.39 is 0 Å². The first-order chi connectivity index (χ1) is 12.7. The van der Waals surface area contributed by atoms with Crippen molar-refractivity contribution in [1.29, 1.82) is 0 Å². The zero-order chi connectivity index (χ0) is 17.9. The molecule has 1 fully saturated rings. The lowest BCUT2D eigenvalue weighted by molar-refractivity contribution is 0.0611. The van der Waals surface area contributed by atoms with Gasteiger partial charge in [0.15, 0.2) is 0 Å². The number of amides is 1. The van der Waals surface area contributed by atoms with Crippen LogP contribution in [0.25, 0.3) is 5.69 Å². The van der Waals surface area contributed by atoms with E-state index in [0.29, 0.717) is 12.1 Å². The fourth-order valence-electron chi connectivity index (χ4n) is 3.63. The van der Waals surface area contributed by atoms with Crippen LogP contribution in [0.15, 0.2) is 67.0 Å². The summed E-state index contributed by atoms with van der Waals surface area (Å²) in [5.74, 6) is -0.267. The average molecular weight is 349 g/mol. The quantitative estimate of drug-likeness (QED) is 0.704. The Bertz CT molecular complexity index is 890. The van der Waals surface area contributed by atoms with E-state index in [1.807, 2.05) is 41.4 Å². The first-order valence-corrected chi connectivity index (χ1v) is 8.89. The molecule has 1 aliphatic heterocycles. The normalized spacial score (nSPS) is 17.3. The summed E-state index contributed by atoms with van der Waals surface area (Å²) in [6.45, 7) is 0.703. The summed E-state index contributed by atoms with van der Waals surface area (Å²) >= 11 is 0. The van der Waals surface area contributed by atoms with Gasteiger partial charge in [-0.25, -0.2) is 9.07 Å². The summed E-state index contributed by atoms with van der Waals surface area (Å²) in [5, 5.41) is 4.27. The molecule has 1 saturated heterocycles. The van der Waals surface area contributed by atoms with Gasteiger partial charge in [0, 0.05) is 18.9 Å². The molecule has 4 nitrogen and oxygen atoms in total. The van der Waals surface area contributed by atoms with Crippen molar-refractivity contribution in [3.8, 4) is 5.69 Å². The van der Waals surface area contributed by atoms with Crippen molar-refractivity contribution in [2.75, 3.05) is 6.54 Å². The highest BCUT2D eigenvalue weighted by atomic mass is 19.1. The zero-order valence-corrected chi connectivity index (χ0v) is 14.4. The monoisotopic (exact) mass is 349 g/mol. The number of piperidine rings is 1. The SMILES string of the molecule is O=C(c1ccccc1-n1cccn1)N1CCCC[C@H]1c1ccc(F)cc1. The Morgan fingerprint density at radius 3 is 2.62 bits per heavy atom. The number of hydrogen-bond donors (Lipinski definition) is 0. The first-order valence-electron chi connectivity index (χ1n) is 8.89. The summed E-state index contributed by atoms with van der Waals surface area (Å²) in [5.41, 5.74) is 2.38. The highest BCUT2D eigenvalue weighted by Crippen LogP contribution is 2.33. The van der Waals surface area contributed by atoms with Gasteiger partial charge in [-0.15, -0.1) is 0 Å². The van der Waals surface area contributed by atoms with E-state index in [1.165, 1.54) is 12.1 Å². The molecule has 2 heterocycles. The molecular weight excluding hydrogens is 329 g/mol. The maximum Gasteiger partial charge on any atom is 0.256 e. The predicted molar refractivity (Wildman–Crippen MR) is 97.6 cm³/mol. The number of halogens is 1. The number of aromatic nitrogens is 2. The second-order valence-electron chi connectivity index (χ2n) is 6.53. The molecule has 132 valence electrons. The number of carbonyl (C=O) groups excluding carboxylic acids is 1. The van der Waals surface area contributed by atoms with Crippen LogP contribution in [0.1, 0.15) is 41.2 Å². The fourth-order valence-corrected chi connectivity index (χ4v) is 3.63. The van der Waals surface area contributed by atoms with Crippen molar-refractivity contribution in [2.45, 2.75) is 25.3 Å². The van der Waals surface area contributed by atoms with Crippen LogP contribution in [0.5, 0.6) is 0 Å². The van der Waals surface area contributed by atoms with Crippen LogP contribution in [-0.2, 0) is 0 Å². The van der Waals surface area contributed by atoms with Crippen molar-refractivity contribution in [1.82, 2.24) is 14.7 Å². The van der Waals surface area contributed by atoms with E-state index in [9.17, 15) is 9.18 Å². The topological polar surface area (TPSA) is 38.1 Å². The first kappa shape index (κ1) is 16.5. The predicted octanol–water partition coefficient (Wildman–Crippen LogP) is 4.38. The Morgan fingerprint density at radius 1 is 1.04 bits per heavy atom. The molecule has 1 atom stereocenters. The van der Waals surface area contributed by atoms with Crippen LogP contribution in [0, 0.1) is 5.82 Å². The summed E-state index contributed by atoms with van der Waals surface area (Å²) in [6, 6.07) is 15.8. The van der Waals surface area contributed by atoms with Gasteiger partial charge in [-0.3, -0.25) is 4.79 Å². The van der Waals surface area contributed by atoms with Gasteiger partial charge < -0.3 is 4.90 Å². The van der Waals surface area contributed by atoms with E-state index in [0.717, 1.165) is 30.5 Å². The molecule has 1 aliphatic rings. The average Bonchev–Trinajstić information content (AvgIpc) is 3.23. The molecule has 5 heteroatoms. The molecule has 3 aromatic rings. The molecule has 0 saturated carbocycles. The van der Waals surface area contributed by atoms with Gasteiger partial charge in [-0.2, -0.15) is 5.10 Å². The molecule has 0 spiro atoms. The third-order valence-electron chi connectivity index (χ3n) is 4.90. The molecule has 1 aromatic heterocycles. The molecule has 4 rings (SSSR count). The molecule has 2 aromatic carbocycles. The van der Waals surface area contributed by atoms with Gasteiger partial charge in [0.25, 0.3) is 5.91 Å². The van der Waals surface area contributed by atoms with Crippen LogP contribution in [-0.4, -0.2) is 27.1 Å². The summed E-state index contributed by atoms with van der Waals surface area (Å²) in [4.78, 5) is 15.3. The molecule has 26 heavy (non-hydrogen) atoms. The van der Waals surface area contributed by atoms with Crippen LogP contribution < -0.4 is 0 Å². The maximum atomic E-state index is 13.4. The lowest BCUT2D eigenvalue weighted by Gasteiger charge is -2.36. The Morgan fingerprint density at radius 2 is 1.85 bits per heavy atom. The van der Waals surface area contributed by atoms with Crippen molar-refractivity contribution >= 4 is 5.91 Å². The lowest BCUT2D eigenvalue weighted by Crippen LogP contribution is -2.39. The summed E-state index contributed by atoms with van der Waals surface area (Å²) in [6.07, 6.45) is 6.46. The third-order valence-corrected chi connectivity index (χ3v) is 4.90. The van der Waals surface area contributed by atoms with Gasteiger partial charge in [0.05, 0.1) is 17.3 Å². The van der Waals surface area contributed by atoms with Gasteiger partial charge in [0.2, 0.25) is 0 Å². The number of benzene rings is 2. The summed E-state index contributed by atoms with van der Waals surface area (Å²) in [7, 11) is 0. The number of likely N-dealkylation sites (tertiary alicyclic amines) is 1. The molecule has 0 aliphatic carbocycles. The van der Waals surface area contributed by atoms with Crippen molar-refractivity contribution in [3.63, 3.8) is 0 Å².